The Morgan fingerprint density at radius 2 is 1.56 bits per heavy atom. The molecule has 0 aliphatic heterocycles. The van der Waals surface area contributed by atoms with Crippen LogP contribution in [0.25, 0.3) is 0 Å². The van der Waals surface area contributed by atoms with E-state index in [1.54, 1.807) is 6.92 Å². The van der Waals surface area contributed by atoms with E-state index in [9.17, 15) is 4.79 Å². The van der Waals surface area contributed by atoms with Crippen molar-refractivity contribution >= 4 is 16.8 Å². The van der Waals surface area contributed by atoms with Crippen molar-refractivity contribution in [1.82, 2.24) is 4.90 Å². The Bertz CT molecular complexity index is 70.7. The third-order valence-corrected chi connectivity index (χ3v) is 0.545. The van der Waals surface area contributed by atoms with Crippen molar-refractivity contribution in [3.8, 4) is 0 Å². The molecule has 0 bridgehead atoms. The maximum absolute atomic E-state index is 9.58. The van der Waals surface area contributed by atoms with Gasteiger partial charge in [0.2, 0.25) is 5.24 Å². The number of hydrogen-bond acceptors (Lipinski definition) is 2. The molecule has 0 rings (SSSR count). The first-order valence-corrected chi connectivity index (χ1v) is 3.17. The Hall–Kier alpha value is -0.0800. The van der Waals surface area contributed by atoms with Crippen molar-refractivity contribution < 1.29 is 4.79 Å². The second-order valence-electron chi connectivity index (χ2n) is 2.05. The fourth-order valence-electron chi connectivity index (χ4n) is 0. The summed E-state index contributed by atoms with van der Waals surface area (Å²) in [6.45, 7) is 1.72. The molecule has 0 radical (unpaired) electrons. The molecule has 0 unspecified atom stereocenters. The summed E-state index contributed by atoms with van der Waals surface area (Å²) in [7, 11) is 6.00. The zero-order chi connectivity index (χ0) is 7.86. The van der Waals surface area contributed by atoms with E-state index in [1.807, 2.05) is 26.0 Å². The van der Waals surface area contributed by atoms with Gasteiger partial charge in [-0.15, -0.1) is 0 Å². The van der Waals surface area contributed by atoms with E-state index in [2.05, 4.69) is 0 Å². The minimum absolute atomic E-state index is 0.273. The SMILES string of the molecule is CCC(=O)Cl.CN(C)C. The minimum Gasteiger partial charge on any atom is -0.312 e. The lowest BCUT2D eigenvalue weighted by Gasteiger charge is -1.90. The summed E-state index contributed by atoms with van der Waals surface area (Å²) in [5.41, 5.74) is 0. The smallest absolute Gasteiger partial charge is 0.221 e. The monoisotopic (exact) mass is 151 g/mol. The number of carbonyl (C=O) groups is 1. The Morgan fingerprint density at radius 3 is 1.56 bits per heavy atom. The molecule has 0 amide bonds. The van der Waals surface area contributed by atoms with Crippen LogP contribution in [0.5, 0.6) is 0 Å². The molecule has 0 aromatic heterocycles. The van der Waals surface area contributed by atoms with Crippen molar-refractivity contribution in [3.05, 3.63) is 0 Å². The van der Waals surface area contributed by atoms with Gasteiger partial charge in [-0.1, -0.05) is 6.92 Å². The quantitative estimate of drug-likeness (QED) is 0.528. The Balaban J connectivity index is 0. The van der Waals surface area contributed by atoms with Crippen LogP contribution in [0.15, 0.2) is 0 Å². The van der Waals surface area contributed by atoms with Gasteiger partial charge in [0.15, 0.2) is 0 Å². The van der Waals surface area contributed by atoms with Gasteiger partial charge in [0.05, 0.1) is 0 Å². The Morgan fingerprint density at radius 1 is 1.44 bits per heavy atom. The average molecular weight is 152 g/mol. The van der Waals surface area contributed by atoms with Gasteiger partial charge in [-0.3, -0.25) is 4.79 Å². The molecule has 0 aliphatic carbocycles. The first kappa shape index (κ1) is 11.7. The van der Waals surface area contributed by atoms with Crippen LogP contribution in [0.1, 0.15) is 13.3 Å². The topological polar surface area (TPSA) is 20.3 Å². The van der Waals surface area contributed by atoms with Crippen molar-refractivity contribution in [2.75, 3.05) is 21.1 Å². The fraction of sp³-hybridized carbons (Fsp3) is 0.833. The zero-order valence-electron chi connectivity index (χ0n) is 6.44. The summed E-state index contributed by atoms with van der Waals surface area (Å²) in [5.74, 6) is 0. The lowest BCUT2D eigenvalue weighted by atomic mass is 10.6. The van der Waals surface area contributed by atoms with Crippen molar-refractivity contribution in [2.45, 2.75) is 13.3 Å². The standard InChI is InChI=1S/C3H5ClO.C3H9N/c1-2-3(4)5;1-4(2)3/h2H2,1H3;1-3H3. The van der Waals surface area contributed by atoms with Gasteiger partial charge in [0.1, 0.15) is 0 Å². The number of carbonyl (C=O) groups excluding carboxylic acids is 1. The molecule has 9 heavy (non-hydrogen) atoms. The molecule has 0 atom stereocenters. The first-order chi connectivity index (χ1) is 4.00. The third-order valence-electron chi connectivity index (χ3n) is 0.278. The van der Waals surface area contributed by atoms with Gasteiger partial charge < -0.3 is 4.90 Å². The minimum atomic E-state index is -0.273. The summed E-state index contributed by atoms with van der Waals surface area (Å²) in [4.78, 5) is 11.6. The number of rotatable bonds is 1. The third kappa shape index (κ3) is 75.3. The Kier molecular flexibility index (Phi) is 10.3. The van der Waals surface area contributed by atoms with Gasteiger partial charge in [-0.05, 0) is 32.7 Å². The molecular formula is C6H14ClNO. The van der Waals surface area contributed by atoms with Crippen LogP contribution in [-0.4, -0.2) is 31.3 Å². The molecule has 0 saturated carbocycles. The van der Waals surface area contributed by atoms with Crippen molar-refractivity contribution in [1.29, 1.82) is 0 Å². The number of nitrogens with zero attached hydrogens (tertiary/aromatic N) is 1. The molecule has 0 aliphatic rings. The van der Waals surface area contributed by atoms with Crippen LogP contribution < -0.4 is 0 Å². The van der Waals surface area contributed by atoms with E-state index in [-0.39, 0.29) is 5.24 Å². The normalized spacial score (nSPS) is 8.22. The molecule has 0 saturated heterocycles. The second-order valence-corrected chi connectivity index (χ2v) is 2.47. The van der Waals surface area contributed by atoms with Gasteiger partial charge >= 0.3 is 0 Å². The summed E-state index contributed by atoms with van der Waals surface area (Å²) < 4.78 is 0. The summed E-state index contributed by atoms with van der Waals surface area (Å²) >= 11 is 4.82. The molecule has 3 heteroatoms. The molecule has 0 spiro atoms. The number of hydrogen-bond donors (Lipinski definition) is 0. The van der Waals surface area contributed by atoms with Gasteiger partial charge in [0.25, 0.3) is 0 Å². The fourth-order valence-corrected chi connectivity index (χ4v) is 0. The van der Waals surface area contributed by atoms with Crippen LogP contribution in [0.3, 0.4) is 0 Å². The number of halogens is 1. The highest BCUT2D eigenvalue weighted by Gasteiger charge is 1.81. The van der Waals surface area contributed by atoms with Gasteiger partial charge in [0, 0.05) is 6.42 Å². The largest absolute Gasteiger partial charge is 0.312 e. The van der Waals surface area contributed by atoms with E-state index in [4.69, 9.17) is 11.6 Å². The molecule has 56 valence electrons. The predicted molar refractivity (Wildman–Crippen MR) is 40.8 cm³/mol. The van der Waals surface area contributed by atoms with Crippen LogP contribution in [-0.2, 0) is 4.79 Å². The maximum Gasteiger partial charge on any atom is 0.221 e. The highest BCUT2D eigenvalue weighted by Crippen LogP contribution is 1.81. The molecule has 0 N–H and O–H groups in total. The predicted octanol–water partition coefficient (Wildman–Crippen LogP) is 1.34. The highest BCUT2D eigenvalue weighted by molar-refractivity contribution is 6.63. The first-order valence-electron chi connectivity index (χ1n) is 2.80. The van der Waals surface area contributed by atoms with Crippen molar-refractivity contribution in [3.63, 3.8) is 0 Å². The second kappa shape index (κ2) is 7.92. The van der Waals surface area contributed by atoms with Crippen LogP contribution in [0, 0.1) is 0 Å². The molecule has 0 fully saturated rings. The molecule has 0 heterocycles. The lowest BCUT2D eigenvalue weighted by molar-refractivity contribution is -0.111. The lowest BCUT2D eigenvalue weighted by Crippen LogP contribution is -1.99. The van der Waals surface area contributed by atoms with Crippen molar-refractivity contribution in [2.24, 2.45) is 0 Å². The van der Waals surface area contributed by atoms with E-state index >= 15 is 0 Å². The van der Waals surface area contributed by atoms with Crippen LogP contribution in [0.2, 0.25) is 0 Å². The van der Waals surface area contributed by atoms with E-state index in [1.165, 1.54) is 0 Å². The van der Waals surface area contributed by atoms with E-state index in [0.717, 1.165) is 0 Å². The highest BCUT2D eigenvalue weighted by atomic mass is 35.5. The maximum atomic E-state index is 9.58. The van der Waals surface area contributed by atoms with Crippen LogP contribution in [0.4, 0.5) is 0 Å². The molecular weight excluding hydrogens is 138 g/mol. The summed E-state index contributed by atoms with van der Waals surface area (Å²) in [5, 5.41) is -0.273. The van der Waals surface area contributed by atoms with E-state index < -0.39 is 0 Å². The van der Waals surface area contributed by atoms with Gasteiger partial charge in [-0.25, -0.2) is 0 Å². The van der Waals surface area contributed by atoms with Crippen LogP contribution >= 0.6 is 11.6 Å². The van der Waals surface area contributed by atoms with E-state index in [0.29, 0.717) is 6.42 Å². The average Bonchev–Trinajstić information content (AvgIpc) is 1.65. The summed E-state index contributed by atoms with van der Waals surface area (Å²) in [6, 6.07) is 0. The molecule has 2 nitrogen and oxygen atoms in total. The zero-order valence-corrected chi connectivity index (χ0v) is 7.20. The summed E-state index contributed by atoms with van der Waals surface area (Å²) in [6.07, 6.45) is 0.432. The molecule has 0 aromatic rings. The van der Waals surface area contributed by atoms with Gasteiger partial charge in [-0.2, -0.15) is 0 Å². The Labute approximate surface area is 61.8 Å². The molecule has 0 aromatic carbocycles.